The van der Waals surface area contributed by atoms with Crippen LogP contribution in [0, 0.1) is 0 Å². The Morgan fingerprint density at radius 2 is 1.81 bits per heavy atom. The zero-order valence-electron chi connectivity index (χ0n) is 14.9. The third-order valence-electron chi connectivity index (χ3n) is 4.03. The van der Waals surface area contributed by atoms with Crippen LogP contribution in [0.3, 0.4) is 0 Å². The molecular weight excluding hydrogens is 384 g/mol. The molecule has 142 valence electrons. The van der Waals surface area contributed by atoms with E-state index in [9.17, 15) is 8.42 Å². The Morgan fingerprint density at radius 1 is 1.04 bits per heavy atom. The van der Waals surface area contributed by atoms with Crippen molar-refractivity contribution in [2.24, 2.45) is 0 Å². The number of benzene rings is 2. The van der Waals surface area contributed by atoms with Crippen LogP contribution in [0.4, 0.5) is 5.82 Å². The van der Waals surface area contributed by atoms with E-state index in [0.717, 1.165) is 16.5 Å². The number of nitrogens with zero attached hydrogens (tertiary/aromatic N) is 2. The lowest BCUT2D eigenvalue weighted by molar-refractivity contribution is 0.584. The third kappa shape index (κ3) is 5.38. The molecule has 2 N–H and O–H groups in total. The van der Waals surface area contributed by atoms with Gasteiger partial charge >= 0.3 is 0 Å². The highest BCUT2D eigenvalue weighted by atomic mass is 35.5. The van der Waals surface area contributed by atoms with Crippen LogP contribution >= 0.6 is 11.6 Å². The van der Waals surface area contributed by atoms with Gasteiger partial charge in [-0.1, -0.05) is 41.9 Å². The molecule has 0 fully saturated rings. The maximum Gasteiger partial charge on any atom is 0.211 e. The van der Waals surface area contributed by atoms with Gasteiger partial charge in [-0.25, -0.2) is 23.1 Å². The Labute approximate surface area is 164 Å². The van der Waals surface area contributed by atoms with Crippen molar-refractivity contribution in [3.63, 3.8) is 0 Å². The van der Waals surface area contributed by atoms with Gasteiger partial charge in [0.2, 0.25) is 10.0 Å². The Kier molecular flexibility index (Phi) is 6.26. The van der Waals surface area contributed by atoms with E-state index in [1.165, 1.54) is 0 Å². The molecule has 0 saturated heterocycles. The molecule has 0 radical (unpaired) electrons. The fraction of sp³-hybridized carbons (Fsp3) is 0.263. The Hall–Kier alpha value is -2.22. The Balaban J connectivity index is 1.83. The molecule has 0 atom stereocenters. The van der Waals surface area contributed by atoms with Crippen molar-refractivity contribution in [3.05, 3.63) is 64.9 Å². The Bertz CT molecular complexity index is 1030. The van der Waals surface area contributed by atoms with E-state index in [0.29, 0.717) is 29.6 Å². The van der Waals surface area contributed by atoms with E-state index in [-0.39, 0.29) is 12.3 Å². The fourth-order valence-electron chi connectivity index (χ4n) is 2.63. The average molecular weight is 405 g/mol. The topological polar surface area (TPSA) is 84.0 Å². The summed E-state index contributed by atoms with van der Waals surface area (Å²) in [5.41, 5.74) is 1.86. The molecule has 3 rings (SSSR count). The van der Waals surface area contributed by atoms with Gasteiger partial charge < -0.3 is 5.32 Å². The summed E-state index contributed by atoms with van der Waals surface area (Å²) in [6, 6.07) is 15.4. The smallest absolute Gasteiger partial charge is 0.211 e. The second-order valence-corrected chi connectivity index (χ2v) is 8.57. The van der Waals surface area contributed by atoms with Crippen molar-refractivity contribution in [3.8, 4) is 0 Å². The minimum atomic E-state index is -3.21. The molecule has 0 aliphatic carbocycles. The predicted octanol–water partition coefficient (Wildman–Crippen LogP) is 3.23. The van der Waals surface area contributed by atoms with Crippen molar-refractivity contribution in [1.82, 2.24) is 14.7 Å². The standard InChI is InChI=1S/C19H21ClN4O2S/c1-2-27(25,26)22-11-10-21-19-16-9-8-15(20)13-17(16)23-18(24-19)12-14-6-4-3-5-7-14/h3-9,13,22H,2,10-12H2,1H3,(H,21,23,24). The van der Waals surface area contributed by atoms with Crippen LogP contribution in [0.1, 0.15) is 18.3 Å². The van der Waals surface area contributed by atoms with Gasteiger partial charge in [0.05, 0.1) is 11.3 Å². The highest BCUT2D eigenvalue weighted by Gasteiger charge is 2.10. The van der Waals surface area contributed by atoms with E-state index in [1.807, 2.05) is 36.4 Å². The second kappa shape index (κ2) is 8.65. The predicted molar refractivity (Wildman–Crippen MR) is 110 cm³/mol. The second-order valence-electron chi connectivity index (χ2n) is 6.04. The van der Waals surface area contributed by atoms with E-state index in [4.69, 9.17) is 11.6 Å². The van der Waals surface area contributed by atoms with Gasteiger partial charge in [-0.2, -0.15) is 0 Å². The van der Waals surface area contributed by atoms with E-state index >= 15 is 0 Å². The zero-order chi connectivity index (χ0) is 19.3. The van der Waals surface area contributed by atoms with Crippen LogP contribution in [-0.4, -0.2) is 37.2 Å². The first-order chi connectivity index (χ1) is 13.0. The summed E-state index contributed by atoms with van der Waals surface area (Å²) in [5, 5.41) is 4.66. The van der Waals surface area contributed by atoms with Crippen molar-refractivity contribution < 1.29 is 8.42 Å². The third-order valence-corrected chi connectivity index (χ3v) is 5.67. The molecule has 0 spiro atoms. The van der Waals surface area contributed by atoms with Crippen LogP contribution in [0.15, 0.2) is 48.5 Å². The molecular formula is C19H21ClN4O2S. The molecule has 0 bridgehead atoms. The van der Waals surface area contributed by atoms with Gasteiger partial charge in [0, 0.05) is 29.9 Å². The summed E-state index contributed by atoms with van der Waals surface area (Å²) in [6.45, 7) is 2.30. The van der Waals surface area contributed by atoms with Crippen molar-refractivity contribution >= 4 is 38.3 Å². The zero-order valence-corrected chi connectivity index (χ0v) is 16.5. The van der Waals surface area contributed by atoms with E-state index in [1.54, 1.807) is 19.1 Å². The molecule has 0 aliphatic heterocycles. The van der Waals surface area contributed by atoms with Gasteiger partial charge in [-0.05, 0) is 30.7 Å². The lowest BCUT2D eigenvalue weighted by atomic mass is 10.1. The molecule has 0 saturated carbocycles. The number of anilines is 1. The molecule has 1 heterocycles. The number of rotatable bonds is 8. The summed E-state index contributed by atoms with van der Waals surface area (Å²) >= 11 is 6.12. The first-order valence-electron chi connectivity index (χ1n) is 8.68. The molecule has 0 amide bonds. The molecule has 3 aromatic rings. The first kappa shape index (κ1) is 19.5. The molecule has 1 aromatic heterocycles. The van der Waals surface area contributed by atoms with Gasteiger partial charge in [-0.3, -0.25) is 0 Å². The van der Waals surface area contributed by atoms with Crippen LogP contribution in [0.25, 0.3) is 10.9 Å². The SMILES string of the molecule is CCS(=O)(=O)NCCNc1nc(Cc2ccccc2)nc2cc(Cl)ccc12. The molecule has 27 heavy (non-hydrogen) atoms. The quantitative estimate of drug-likeness (QED) is 0.563. The maximum absolute atomic E-state index is 11.5. The largest absolute Gasteiger partial charge is 0.368 e. The van der Waals surface area contributed by atoms with Gasteiger partial charge in [-0.15, -0.1) is 0 Å². The lowest BCUT2D eigenvalue weighted by Crippen LogP contribution is -2.30. The molecule has 0 unspecified atom stereocenters. The normalized spacial score (nSPS) is 11.6. The van der Waals surface area contributed by atoms with Crippen LogP contribution in [0.2, 0.25) is 5.02 Å². The highest BCUT2D eigenvalue weighted by molar-refractivity contribution is 7.89. The number of halogens is 1. The van der Waals surface area contributed by atoms with Crippen LogP contribution < -0.4 is 10.0 Å². The molecule has 8 heteroatoms. The summed E-state index contributed by atoms with van der Waals surface area (Å²) in [7, 11) is -3.21. The van der Waals surface area contributed by atoms with E-state index < -0.39 is 10.0 Å². The van der Waals surface area contributed by atoms with Crippen molar-refractivity contribution in [2.45, 2.75) is 13.3 Å². The van der Waals surface area contributed by atoms with Crippen LogP contribution in [-0.2, 0) is 16.4 Å². The fourth-order valence-corrected chi connectivity index (χ4v) is 3.42. The van der Waals surface area contributed by atoms with E-state index in [2.05, 4.69) is 20.0 Å². The molecule has 6 nitrogen and oxygen atoms in total. The molecule has 0 aliphatic rings. The summed E-state index contributed by atoms with van der Waals surface area (Å²) in [5.74, 6) is 1.40. The number of nitrogens with one attached hydrogen (secondary N) is 2. The minimum absolute atomic E-state index is 0.0587. The minimum Gasteiger partial charge on any atom is -0.368 e. The first-order valence-corrected chi connectivity index (χ1v) is 10.7. The summed E-state index contributed by atoms with van der Waals surface area (Å²) < 4.78 is 25.6. The number of aromatic nitrogens is 2. The average Bonchev–Trinajstić information content (AvgIpc) is 2.65. The van der Waals surface area contributed by atoms with Gasteiger partial charge in [0.25, 0.3) is 0 Å². The monoisotopic (exact) mass is 404 g/mol. The molecule has 2 aromatic carbocycles. The van der Waals surface area contributed by atoms with Gasteiger partial charge in [0.15, 0.2) is 0 Å². The number of fused-ring (bicyclic) bond motifs is 1. The number of hydrogen-bond donors (Lipinski definition) is 2. The van der Waals surface area contributed by atoms with Gasteiger partial charge in [0.1, 0.15) is 11.6 Å². The lowest BCUT2D eigenvalue weighted by Gasteiger charge is -2.12. The Morgan fingerprint density at radius 3 is 2.56 bits per heavy atom. The number of sulfonamides is 1. The summed E-state index contributed by atoms with van der Waals surface area (Å²) in [6.07, 6.45) is 0.598. The van der Waals surface area contributed by atoms with Crippen molar-refractivity contribution in [1.29, 1.82) is 0 Å². The maximum atomic E-state index is 11.5. The van der Waals surface area contributed by atoms with Crippen molar-refractivity contribution in [2.75, 3.05) is 24.2 Å². The van der Waals surface area contributed by atoms with Crippen LogP contribution in [0.5, 0.6) is 0 Å². The summed E-state index contributed by atoms with van der Waals surface area (Å²) in [4.78, 5) is 9.26. The highest BCUT2D eigenvalue weighted by Crippen LogP contribution is 2.24. The number of hydrogen-bond acceptors (Lipinski definition) is 5.